The van der Waals surface area contributed by atoms with Crippen molar-refractivity contribution in [3.05, 3.63) is 0 Å². The van der Waals surface area contributed by atoms with E-state index in [1.54, 1.807) is 0 Å². The van der Waals surface area contributed by atoms with Gasteiger partial charge in [-0.05, 0) is 19.8 Å². The third-order valence-electron chi connectivity index (χ3n) is 4.41. The van der Waals surface area contributed by atoms with Crippen LogP contribution in [0.25, 0.3) is 0 Å². The number of aliphatic hydroxyl groups excluding tert-OH is 1. The average molecular weight is 437 g/mol. The Balaban J connectivity index is -0.000000918. The Kier molecular flexibility index (Phi) is 30.8. The van der Waals surface area contributed by atoms with Crippen LogP contribution in [0.5, 0.6) is 0 Å². The zero-order chi connectivity index (χ0) is 20.8. The van der Waals surface area contributed by atoms with Crippen LogP contribution >= 0.6 is 0 Å². The molecule has 0 aromatic carbocycles. The molecule has 0 aromatic heterocycles. The van der Waals surface area contributed by atoms with Gasteiger partial charge in [0.15, 0.2) is 6.29 Å². The summed E-state index contributed by atoms with van der Waals surface area (Å²) >= 11 is 0. The number of unbranched alkanes of at least 4 members (excludes halogenated alkanes) is 14. The summed E-state index contributed by atoms with van der Waals surface area (Å²) < 4.78 is 36.7. The molecule has 0 saturated heterocycles. The van der Waals surface area contributed by atoms with E-state index in [2.05, 4.69) is 6.92 Å². The molecular weight excluding hydrogens is 391 g/mol. The third kappa shape index (κ3) is 41.2. The van der Waals surface area contributed by atoms with Crippen molar-refractivity contribution in [1.82, 2.24) is 0 Å². The number of rotatable bonds is 18. The Hall–Kier alpha value is 0.790. The van der Waals surface area contributed by atoms with Crippen LogP contribution < -0.4 is 0 Å². The summed E-state index contributed by atoms with van der Waals surface area (Å²) in [5.74, 6) is 0. The van der Waals surface area contributed by atoms with Gasteiger partial charge in [0, 0.05) is 6.61 Å². The van der Waals surface area contributed by atoms with Gasteiger partial charge in [0.05, 0.1) is 0 Å². The minimum atomic E-state index is -4.67. The van der Waals surface area contributed by atoms with Crippen LogP contribution in [0.2, 0.25) is 0 Å². The summed E-state index contributed by atoms with van der Waals surface area (Å²) in [6, 6.07) is 0. The summed E-state index contributed by atoms with van der Waals surface area (Å²) in [7, 11) is -4.67. The zero-order valence-electron chi connectivity index (χ0n) is 17.6. The molecule has 168 valence electrons. The molecule has 0 heterocycles. The van der Waals surface area contributed by atoms with Crippen molar-refractivity contribution in [2.24, 2.45) is 0 Å². The maximum absolute atomic E-state index is 9.43. The van der Waals surface area contributed by atoms with Crippen molar-refractivity contribution in [2.45, 2.75) is 123 Å². The second kappa shape index (κ2) is 25.8. The van der Waals surface area contributed by atoms with Gasteiger partial charge in [-0.3, -0.25) is 9.11 Å². The van der Waals surface area contributed by atoms with E-state index in [0.717, 1.165) is 12.8 Å². The normalized spacial score (nSPS) is 12.0. The molecule has 28 heavy (non-hydrogen) atoms. The van der Waals surface area contributed by atoms with Crippen molar-refractivity contribution in [1.29, 1.82) is 0 Å². The standard InChI is InChI=1S/C20H42O2.Na.H2O4S.H/c1-3-5-6-7-8-9-10-11-12-13-14-15-16-17-18-19-20(21)22-4-2;;1-5(2,3)4;/h20-21H,3-19H2,1-2H3;;(H2,1,2,3,4);. The van der Waals surface area contributed by atoms with E-state index in [-0.39, 0.29) is 29.6 Å². The SMILES string of the molecule is CCCCCCCCCCCCCCCCCC(O)OCC.O=S(=O)(O)O.[NaH]. The molecule has 0 radical (unpaired) electrons. The predicted octanol–water partition coefficient (Wildman–Crippen LogP) is 5.30. The summed E-state index contributed by atoms with van der Waals surface area (Å²) in [6.45, 7) is 4.82. The second-order valence-electron chi connectivity index (χ2n) is 7.10. The molecule has 0 aliphatic heterocycles. The van der Waals surface area contributed by atoms with Gasteiger partial charge >= 0.3 is 40.0 Å². The molecule has 1 unspecified atom stereocenters. The summed E-state index contributed by atoms with van der Waals surface area (Å²) in [4.78, 5) is 0. The van der Waals surface area contributed by atoms with Gasteiger partial charge in [-0.1, -0.05) is 96.8 Å². The van der Waals surface area contributed by atoms with Crippen molar-refractivity contribution in [2.75, 3.05) is 6.61 Å². The van der Waals surface area contributed by atoms with Crippen molar-refractivity contribution in [3.63, 3.8) is 0 Å². The van der Waals surface area contributed by atoms with Crippen LogP contribution in [-0.4, -0.2) is 65.1 Å². The molecule has 0 spiro atoms. The third-order valence-corrected chi connectivity index (χ3v) is 4.41. The van der Waals surface area contributed by atoms with Crippen LogP contribution in [0.15, 0.2) is 0 Å². The van der Waals surface area contributed by atoms with Gasteiger partial charge in [0.2, 0.25) is 0 Å². The molecule has 0 aliphatic carbocycles. The topological polar surface area (TPSA) is 104 Å². The van der Waals surface area contributed by atoms with Gasteiger partial charge in [-0.25, -0.2) is 0 Å². The molecule has 8 heteroatoms. The number of ether oxygens (including phenoxy) is 1. The fraction of sp³-hybridized carbons (Fsp3) is 1.00. The Morgan fingerprint density at radius 2 is 0.964 bits per heavy atom. The van der Waals surface area contributed by atoms with Crippen LogP contribution in [0.4, 0.5) is 0 Å². The van der Waals surface area contributed by atoms with Crippen LogP contribution in [0.3, 0.4) is 0 Å². The molecule has 6 nitrogen and oxygen atoms in total. The fourth-order valence-electron chi connectivity index (χ4n) is 2.97. The van der Waals surface area contributed by atoms with Gasteiger partial charge in [-0.2, -0.15) is 8.42 Å². The van der Waals surface area contributed by atoms with E-state index in [1.807, 2.05) is 6.92 Å². The van der Waals surface area contributed by atoms with Gasteiger partial charge in [0.1, 0.15) is 0 Å². The second-order valence-corrected chi connectivity index (χ2v) is 7.99. The van der Waals surface area contributed by atoms with Crippen LogP contribution in [0.1, 0.15) is 117 Å². The van der Waals surface area contributed by atoms with Crippen LogP contribution in [0, 0.1) is 0 Å². The molecule has 1 atom stereocenters. The number of aliphatic hydroxyl groups is 1. The van der Waals surface area contributed by atoms with E-state index < -0.39 is 16.7 Å². The average Bonchev–Trinajstić information content (AvgIpc) is 2.57. The molecule has 0 aliphatic rings. The van der Waals surface area contributed by atoms with Crippen molar-refractivity contribution in [3.8, 4) is 0 Å². The summed E-state index contributed by atoms with van der Waals surface area (Å²) in [6.07, 6.45) is 21.0. The van der Waals surface area contributed by atoms with Crippen LogP contribution in [-0.2, 0) is 15.1 Å². The predicted molar refractivity (Wildman–Crippen MR) is 119 cm³/mol. The van der Waals surface area contributed by atoms with Gasteiger partial charge < -0.3 is 9.84 Å². The first-order chi connectivity index (χ1) is 12.8. The minimum absolute atomic E-state index is 0. The molecule has 0 saturated carbocycles. The Labute approximate surface area is 196 Å². The Bertz CT molecular complexity index is 371. The molecule has 0 fully saturated rings. The summed E-state index contributed by atoms with van der Waals surface area (Å²) in [5.41, 5.74) is 0. The number of hydrogen-bond acceptors (Lipinski definition) is 4. The zero-order valence-corrected chi connectivity index (χ0v) is 18.4. The first kappa shape index (κ1) is 33.4. The van der Waals surface area contributed by atoms with Crippen molar-refractivity contribution >= 4 is 40.0 Å². The maximum atomic E-state index is 9.43. The quantitative estimate of drug-likeness (QED) is 0.117. The first-order valence-electron chi connectivity index (χ1n) is 10.8. The van der Waals surface area contributed by atoms with Gasteiger partial charge in [0.25, 0.3) is 0 Å². The van der Waals surface area contributed by atoms with E-state index in [0.29, 0.717) is 6.61 Å². The van der Waals surface area contributed by atoms with Gasteiger partial charge in [-0.15, -0.1) is 0 Å². The van der Waals surface area contributed by atoms with E-state index in [1.165, 1.54) is 89.9 Å². The monoisotopic (exact) mass is 436 g/mol. The Morgan fingerprint density at radius 1 is 0.679 bits per heavy atom. The van der Waals surface area contributed by atoms with E-state index in [9.17, 15) is 5.11 Å². The van der Waals surface area contributed by atoms with E-state index >= 15 is 0 Å². The fourth-order valence-corrected chi connectivity index (χ4v) is 2.97. The molecule has 0 amide bonds. The first-order valence-corrected chi connectivity index (χ1v) is 12.2. The molecule has 0 bridgehead atoms. The molecule has 0 rings (SSSR count). The summed E-state index contributed by atoms with van der Waals surface area (Å²) in [5, 5.41) is 9.43. The Morgan fingerprint density at radius 3 is 1.25 bits per heavy atom. The molecule has 0 aromatic rings. The molecular formula is C20H45NaO6S. The van der Waals surface area contributed by atoms with E-state index in [4.69, 9.17) is 22.3 Å². The number of hydrogen-bond donors (Lipinski definition) is 3. The van der Waals surface area contributed by atoms with Crippen molar-refractivity contribution < 1.29 is 27.4 Å². The molecule has 3 N–H and O–H groups in total.